The third-order valence-corrected chi connectivity index (χ3v) is 2.87. The molecule has 1 aliphatic carbocycles. The minimum absolute atomic E-state index is 0.0656. The Kier molecular flexibility index (Phi) is 1.79. The standard InChI is InChI=1S/C10H7ClN4O/c11-4-2-1-3-5-6(4)7-8(13-5)14-10(12)15-9(7)16/h1-3,5H,(H3,12,13,14,15,16). The minimum atomic E-state index is -0.300. The average molecular weight is 235 g/mol. The first-order valence-electron chi connectivity index (χ1n) is 4.69. The van der Waals surface area contributed by atoms with Crippen LogP contribution in [0, 0.1) is 0 Å². The highest BCUT2D eigenvalue weighted by molar-refractivity contribution is 6.36. The van der Waals surface area contributed by atoms with E-state index in [2.05, 4.69) is 15.0 Å². The van der Waals surface area contributed by atoms with Crippen molar-refractivity contribution in [2.45, 2.75) is 6.04 Å². The second kappa shape index (κ2) is 3.05. The lowest BCUT2D eigenvalue weighted by molar-refractivity contribution is 0.969. The maximum absolute atomic E-state index is 11.8. The fourth-order valence-electron chi connectivity index (χ4n) is 1.89. The molecule has 0 saturated carbocycles. The van der Waals surface area contributed by atoms with E-state index in [1.165, 1.54) is 0 Å². The van der Waals surface area contributed by atoms with Gasteiger partial charge in [-0.15, -0.1) is 0 Å². The molecule has 1 aliphatic heterocycles. The van der Waals surface area contributed by atoms with Crippen LogP contribution in [-0.4, -0.2) is 16.0 Å². The molecule has 0 radical (unpaired) electrons. The average Bonchev–Trinajstić information content (AvgIpc) is 2.56. The Labute approximate surface area is 94.7 Å². The molecule has 6 heteroatoms. The number of anilines is 1. The summed E-state index contributed by atoms with van der Waals surface area (Å²) >= 11 is 6.06. The zero-order valence-electron chi connectivity index (χ0n) is 8.07. The highest BCUT2D eigenvalue weighted by atomic mass is 35.5. The smallest absolute Gasteiger partial charge is 0.262 e. The maximum atomic E-state index is 11.8. The van der Waals surface area contributed by atoms with Gasteiger partial charge in [0.2, 0.25) is 5.95 Å². The number of H-pyrrole nitrogens is 1. The van der Waals surface area contributed by atoms with E-state index in [0.717, 1.165) is 0 Å². The number of hydrogen-bond acceptors (Lipinski definition) is 4. The van der Waals surface area contributed by atoms with Gasteiger partial charge in [0.05, 0.1) is 11.3 Å². The summed E-state index contributed by atoms with van der Waals surface area (Å²) in [6.45, 7) is 0. The van der Waals surface area contributed by atoms with Crippen LogP contribution in [0.4, 0.5) is 5.95 Å². The quantitative estimate of drug-likeness (QED) is 0.616. The van der Waals surface area contributed by atoms with Gasteiger partial charge in [0.1, 0.15) is 0 Å². The summed E-state index contributed by atoms with van der Waals surface area (Å²) in [6, 6.07) is -0.220. The monoisotopic (exact) mass is 234 g/mol. The van der Waals surface area contributed by atoms with Gasteiger partial charge in [-0.2, -0.15) is 4.98 Å². The Bertz CT molecular complexity index is 713. The van der Waals surface area contributed by atoms with Crippen molar-refractivity contribution in [3.63, 3.8) is 0 Å². The van der Waals surface area contributed by atoms with Crippen molar-refractivity contribution in [2.75, 3.05) is 5.73 Å². The number of nitrogen functional groups attached to an aromatic ring is 1. The number of nitrogens with two attached hydrogens (primary N) is 1. The van der Waals surface area contributed by atoms with Crippen LogP contribution >= 0.6 is 11.6 Å². The number of aromatic amines is 1. The Morgan fingerprint density at radius 2 is 2.31 bits per heavy atom. The first kappa shape index (κ1) is 9.35. The second-order valence-electron chi connectivity index (χ2n) is 3.54. The molecule has 0 spiro atoms. The summed E-state index contributed by atoms with van der Waals surface area (Å²) < 4.78 is 0. The molecule has 1 aromatic heterocycles. The molecule has 0 aromatic carbocycles. The molecule has 0 saturated heterocycles. The van der Waals surface area contributed by atoms with E-state index < -0.39 is 0 Å². The fourth-order valence-corrected chi connectivity index (χ4v) is 2.17. The van der Waals surface area contributed by atoms with E-state index in [1.807, 2.05) is 12.2 Å². The maximum Gasteiger partial charge on any atom is 0.262 e. The van der Waals surface area contributed by atoms with Crippen LogP contribution in [0.25, 0.3) is 5.57 Å². The third-order valence-electron chi connectivity index (χ3n) is 2.54. The van der Waals surface area contributed by atoms with Crippen molar-refractivity contribution in [1.29, 1.82) is 0 Å². The van der Waals surface area contributed by atoms with Crippen LogP contribution in [-0.2, 0) is 0 Å². The number of allylic oxidation sites excluding steroid dienone is 2. The van der Waals surface area contributed by atoms with E-state index in [-0.39, 0.29) is 17.5 Å². The summed E-state index contributed by atoms with van der Waals surface area (Å²) in [7, 11) is 0. The predicted octanol–water partition coefficient (Wildman–Crippen LogP) is -0.803. The van der Waals surface area contributed by atoms with Crippen molar-refractivity contribution in [1.82, 2.24) is 9.97 Å². The largest absolute Gasteiger partial charge is 0.369 e. The number of hydrogen-bond donors (Lipinski definition) is 2. The van der Waals surface area contributed by atoms with E-state index in [9.17, 15) is 4.79 Å². The van der Waals surface area contributed by atoms with Crippen LogP contribution in [0.1, 0.15) is 0 Å². The van der Waals surface area contributed by atoms with Gasteiger partial charge >= 0.3 is 0 Å². The molecule has 80 valence electrons. The first-order valence-corrected chi connectivity index (χ1v) is 5.07. The van der Waals surface area contributed by atoms with Crippen LogP contribution < -0.4 is 22.0 Å². The number of rotatable bonds is 0. The molecule has 1 aromatic rings. The molecule has 16 heavy (non-hydrogen) atoms. The van der Waals surface area contributed by atoms with Crippen LogP contribution in [0.2, 0.25) is 0 Å². The van der Waals surface area contributed by atoms with Crippen LogP contribution in [0.3, 0.4) is 0 Å². The van der Waals surface area contributed by atoms with Gasteiger partial charge in [-0.1, -0.05) is 23.8 Å². The van der Waals surface area contributed by atoms with Gasteiger partial charge in [-0.05, 0) is 6.08 Å². The zero-order chi connectivity index (χ0) is 11.3. The van der Waals surface area contributed by atoms with Crippen molar-refractivity contribution in [2.24, 2.45) is 4.99 Å². The van der Waals surface area contributed by atoms with E-state index in [0.29, 0.717) is 21.3 Å². The van der Waals surface area contributed by atoms with Crippen molar-refractivity contribution in [3.05, 3.63) is 44.3 Å². The number of aromatic nitrogens is 2. The Morgan fingerprint density at radius 1 is 1.50 bits per heavy atom. The van der Waals surface area contributed by atoms with Crippen molar-refractivity contribution >= 4 is 23.1 Å². The summed E-state index contributed by atoms with van der Waals surface area (Å²) in [4.78, 5) is 22.5. The van der Waals surface area contributed by atoms with Crippen LogP contribution in [0.5, 0.6) is 0 Å². The minimum Gasteiger partial charge on any atom is -0.369 e. The van der Waals surface area contributed by atoms with Gasteiger partial charge in [-0.25, -0.2) is 0 Å². The molecule has 0 fully saturated rings. The lowest BCUT2D eigenvalue weighted by Gasteiger charge is -2.10. The van der Waals surface area contributed by atoms with Crippen LogP contribution in [0.15, 0.2) is 33.0 Å². The highest BCUT2D eigenvalue weighted by Crippen LogP contribution is 2.26. The number of nitrogens with zero attached hydrogens (tertiary/aromatic N) is 2. The van der Waals surface area contributed by atoms with E-state index >= 15 is 0 Å². The SMILES string of the molecule is Nc1nc2c(c(=O)[nH]1)=C1C(Cl)=CC=CC1N=2. The predicted molar refractivity (Wildman–Crippen MR) is 60.3 cm³/mol. The summed E-state index contributed by atoms with van der Waals surface area (Å²) in [5.41, 5.74) is 6.22. The zero-order valence-corrected chi connectivity index (χ0v) is 8.82. The molecule has 1 atom stereocenters. The van der Waals surface area contributed by atoms with Gasteiger partial charge in [-0.3, -0.25) is 14.8 Å². The molecular formula is C10H7ClN4O. The van der Waals surface area contributed by atoms with Crippen molar-refractivity contribution in [3.8, 4) is 0 Å². The summed E-state index contributed by atoms with van der Waals surface area (Å²) in [6.07, 6.45) is 5.40. The van der Waals surface area contributed by atoms with Gasteiger partial charge in [0.15, 0.2) is 5.49 Å². The molecule has 0 bridgehead atoms. The number of nitrogens with one attached hydrogen (secondary N) is 1. The molecular weight excluding hydrogens is 228 g/mol. The molecule has 5 nitrogen and oxygen atoms in total. The fraction of sp³-hybridized carbons (Fsp3) is 0.100. The third kappa shape index (κ3) is 1.15. The first-order chi connectivity index (χ1) is 7.66. The molecule has 3 N–H and O–H groups in total. The lowest BCUT2D eigenvalue weighted by atomic mass is 10.0. The normalized spacial score (nSPS) is 21.2. The Hall–Kier alpha value is -1.88. The second-order valence-corrected chi connectivity index (χ2v) is 3.94. The molecule has 1 unspecified atom stereocenters. The molecule has 2 heterocycles. The molecule has 0 amide bonds. The summed E-state index contributed by atoms with van der Waals surface area (Å²) in [5, 5.41) is 0.942. The van der Waals surface area contributed by atoms with E-state index in [4.69, 9.17) is 17.3 Å². The topological polar surface area (TPSA) is 84.1 Å². The highest BCUT2D eigenvalue weighted by Gasteiger charge is 2.24. The van der Waals surface area contributed by atoms with E-state index in [1.54, 1.807) is 6.08 Å². The van der Waals surface area contributed by atoms with Gasteiger partial charge in [0.25, 0.3) is 5.56 Å². The number of halogens is 1. The lowest BCUT2D eigenvalue weighted by Crippen LogP contribution is -2.43. The van der Waals surface area contributed by atoms with Crippen molar-refractivity contribution < 1.29 is 0 Å². The van der Waals surface area contributed by atoms with Gasteiger partial charge in [0, 0.05) is 10.6 Å². The summed E-state index contributed by atoms with van der Waals surface area (Å²) in [5.74, 6) is 0.0656. The Morgan fingerprint density at radius 3 is 3.12 bits per heavy atom. The molecule has 3 rings (SSSR count). The number of fused-ring (bicyclic) bond motifs is 2. The Balaban J connectivity index is 2.52. The molecule has 2 aliphatic rings. The van der Waals surface area contributed by atoms with Gasteiger partial charge < -0.3 is 5.73 Å².